The van der Waals surface area contributed by atoms with Crippen LogP contribution < -0.4 is 10.1 Å². The van der Waals surface area contributed by atoms with Crippen molar-refractivity contribution in [3.63, 3.8) is 0 Å². The topological polar surface area (TPSA) is 34.1 Å². The fourth-order valence-corrected chi connectivity index (χ4v) is 3.05. The molecule has 2 atom stereocenters. The lowest BCUT2D eigenvalue weighted by Gasteiger charge is -2.24. The minimum absolute atomic E-state index is 0.0626. The van der Waals surface area contributed by atoms with Gasteiger partial charge in [-0.3, -0.25) is 0 Å². The highest BCUT2D eigenvalue weighted by Gasteiger charge is 2.28. The van der Waals surface area contributed by atoms with E-state index in [0.717, 1.165) is 25.1 Å². The Morgan fingerprint density at radius 1 is 1.24 bits per heavy atom. The highest BCUT2D eigenvalue weighted by atomic mass is 35.5. The van der Waals surface area contributed by atoms with E-state index in [2.05, 4.69) is 22.4 Å². The van der Waals surface area contributed by atoms with Gasteiger partial charge in [0.25, 0.3) is 0 Å². The van der Waals surface area contributed by atoms with Crippen molar-refractivity contribution >= 4 is 23.2 Å². The molecule has 1 fully saturated rings. The maximum absolute atomic E-state index is 6.18. The molecule has 2 aromatic rings. The Bertz CT molecular complexity index is 600. The van der Waals surface area contributed by atoms with Gasteiger partial charge in [0.2, 0.25) is 5.88 Å². The molecule has 0 spiro atoms. The first-order valence-electron chi connectivity index (χ1n) is 6.97. The summed E-state index contributed by atoms with van der Waals surface area (Å²) in [5, 5.41) is 4.32. The summed E-state index contributed by atoms with van der Waals surface area (Å²) in [7, 11) is 0. The minimum atomic E-state index is -0.0626. The van der Waals surface area contributed by atoms with Gasteiger partial charge in [-0.05, 0) is 24.6 Å². The van der Waals surface area contributed by atoms with Gasteiger partial charge in [-0.1, -0.05) is 53.5 Å². The Balaban J connectivity index is 1.88. The van der Waals surface area contributed by atoms with Crippen LogP contribution in [0.25, 0.3) is 0 Å². The van der Waals surface area contributed by atoms with E-state index in [1.54, 1.807) is 12.3 Å². The quantitative estimate of drug-likeness (QED) is 0.919. The molecule has 21 heavy (non-hydrogen) atoms. The van der Waals surface area contributed by atoms with Gasteiger partial charge >= 0.3 is 0 Å². The first-order valence-corrected chi connectivity index (χ1v) is 7.73. The van der Waals surface area contributed by atoms with E-state index in [0.29, 0.717) is 21.8 Å². The molecular formula is C16H16Cl2N2O. The summed E-state index contributed by atoms with van der Waals surface area (Å²) in [5.41, 5.74) is 1.14. The zero-order chi connectivity index (χ0) is 14.7. The normalized spacial score (nSPS) is 19.4. The van der Waals surface area contributed by atoms with Crippen LogP contribution in [0.3, 0.4) is 0 Å². The molecule has 1 aliphatic heterocycles. The summed E-state index contributed by atoms with van der Waals surface area (Å²) < 4.78 is 6.13. The van der Waals surface area contributed by atoms with E-state index in [4.69, 9.17) is 27.9 Å². The number of hydrogen-bond donors (Lipinski definition) is 1. The Morgan fingerprint density at radius 3 is 2.71 bits per heavy atom. The largest absolute Gasteiger partial charge is 0.468 e. The van der Waals surface area contributed by atoms with Gasteiger partial charge in [0.1, 0.15) is 11.1 Å². The number of rotatable bonds is 4. The van der Waals surface area contributed by atoms with Crippen molar-refractivity contribution in [2.45, 2.75) is 12.5 Å². The molecule has 0 aliphatic carbocycles. The van der Waals surface area contributed by atoms with E-state index in [1.807, 2.05) is 18.2 Å². The summed E-state index contributed by atoms with van der Waals surface area (Å²) >= 11 is 12.1. The first kappa shape index (κ1) is 14.6. The van der Waals surface area contributed by atoms with Crippen molar-refractivity contribution in [3.05, 3.63) is 58.2 Å². The van der Waals surface area contributed by atoms with Crippen LogP contribution >= 0.6 is 23.2 Å². The monoisotopic (exact) mass is 322 g/mol. The number of nitrogens with one attached hydrogen (secondary N) is 1. The number of halogens is 2. The molecule has 2 heterocycles. The van der Waals surface area contributed by atoms with Crippen molar-refractivity contribution in [2.24, 2.45) is 5.92 Å². The zero-order valence-corrected chi connectivity index (χ0v) is 12.9. The third-order valence-corrected chi connectivity index (χ3v) is 4.14. The summed E-state index contributed by atoms with van der Waals surface area (Å²) in [6, 6.07) is 11.8. The Hall–Kier alpha value is -1.29. The lowest BCUT2D eigenvalue weighted by atomic mass is 9.95. The zero-order valence-electron chi connectivity index (χ0n) is 11.4. The molecule has 1 aromatic carbocycles. The fraction of sp³-hybridized carbons (Fsp3) is 0.312. The molecule has 1 aliphatic rings. The summed E-state index contributed by atoms with van der Waals surface area (Å²) in [6.45, 7) is 1.95. The van der Waals surface area contributed by atoms with Crippen molar-refractivity contribution in [3.8, 4) is 5.88 Å². The lowest BCUT2D eigenvalue weighted by Crippen LogP contribution is -2.21. The van der Waals surface area contributed by atoms with Gasteiger partial charge in [0.05, 0.1) is 5.02 Å². The average molecular weight is 323 g/mol. The van der Waals surface area contributed by atoms with Crippen LogP contribution in [-0.2, 0) is 0 Å². The highest BCUT2D eigenvalue weighted by Crippen LogP contribution is 2.34. The number of ether oxygens (including phenoxy) is 1. The smallest absolute Gasteiger partial charge is 0.233 e. The van der Waals surface area contributed by atoms with Crippen LogP contribution in [0.2, 0.25) is 10.0 Å². The molecule has 3 nitrogen and oxygen atoms in total. The van der Waals surface area contributed by atoms with Crippen molar-refractivity contribution in [2.75, 3.05) is 13.1 Å². The second kappa shape index (κ2) is 6.65. The maximum Gasteiger partial charge on any atom is 0.233 e. The molecule has 3 rings (SSSR count). The van der Waals surface area contributed by atoms with E-state index in [-0.39, 0.29) is 6.10 Å². The van der Waals surface area contributed by atoms with E-state index in [9.17, 15) is 0 Å². The Labute approximate surface area is 134 Å². The van der Waals surface area contributed by atoms with Gasteiger partial charge in [0, 0.05) is 18.7 Å². The molecule has 0 saturated carbocycles. The molecule has 0 radical (unpaired) electrons. The average Bonchev–Trinajstić information content (AvgIpc) is 3.01. The number of aromatic nitrogens is 1. The second-order valence-corrected chi connectivity index (χ2v) is 5.99. The predicted octanol–water partition coefficient (Wildman–Crippen LogP) is 4.12. The second-order valence-electron chi connectivity index (χ2n) is 5.14. The maximum atomic E-state index is 6.18. The van der Waals surface area contributed by atoms with Gasteiger partial charge < -0.3 is 10.1 Å². The predicted molar refractivity (Wildman–Crippen MR) is 85.0 cm³/mol. The third-order valence-electron chi connectivity index (χ3n) is 3.67. The van der Waals surface area contributed by atoms with E-state index < -0.39 is 0 Å². The number of hydrogen-bond acceptors (Lipinski definition) is 3. The Morgan fingerprint density at radius 2 is 2.05 bits per heavy atom. The SMILES string of the molecule is Clc1cnc(O[C@@H](c2ccccc2)C2CCNC2)c(Cl)c1. The molecule has 0 amide bonds. The van der Waals surface area contributed by atoms with Crippen molar-refractivity contribution in [1.29, 1.82) is 0 Å². The van der Waals surface area contributed by atoms with Gasteiger partial charge in [0.15, 0.2) is 0 Å². The van der Waals surface area contributed by atoms with Gasteiger partial charge in [-0.25, -0.2) is 4.98 Å². The number of pyridine rings is 1. The molecule has 1 unspecified atom stereocenters. The number of nitrogens with zero attached hydrogens (tertiary/aromatic N) is 1. The molecule has 110 valence electrons. The Kier molecular flexibility index (Phi) is 4.63. The molecule has 1 aromatic heterocycles. The van der Waals surface area contributed by atoms with Crippen LogP contribution in [0.15, 0.2) is 42.6 Å². The van der Waals surface area contributed by atoms with Crippen molar-refractivity contribution in [1.82, 2.24) is 10.3 Å². The van der Waals surface area contributed by atoms with Crippen LogP contribution in [0.1, 0.15) is 18.1 Å². The minimum Gasteiger partial charge on any atom is -0.468 e. The molecule has 1 N–H and O–H groups in total. The lowest BCUT2D eigenvalue weighted by molar-refractivity contribution is 0.138. The van der Waals surface area contributed by atoms with Crippen LogP contribution in [0.4, 0.5) is 0 Å². The number of benzene rings is 1. The summed E-state index contributed by atoms with van der Waals surface area (Å²) in [5.74, 6) is 0.836. The fourth-order valence-electron chi connectivity index (χ4n) is 2.62. The van der Waals surface area contributed by atoms with Crippen LogP contribution in [-0.4, -0.2) is 18.1 Å². The summed E-state index contributed by atoms with van der Waals surface area (Å²) in [6.07, 6.45) is 2.56. The molecule has 1 saturated heterocycles. The van der Waals surface area contributed by atoms with E-state index in [1.165, 1.54) is 0 Å². The first-order chi connectivity index (χ1) is 10.2. The molecular weight excluding hydrogens is 307 g/mol. The van der Waals surface area contributed by atoms with E-state index >= 15 is 0 Å². The molecule has 5 heteroatoms. The van der Waals surface area contributed by atoms with Crippen LogP contribution in [0, 0.1) is 5.92 Å². The van der Waals surface area contributed by atoms with Crippen LogP contribution in [0.5, 0.6) is 5.88 Å². The van der Waals surface area contributed by atoms with Gasteiger partial charge in [-0.15, -0.1) is 0 Å². The standard InChI is InChI=1S/C16H16Cl2N2O/c17-13-8-14(18)16(20-10-13)21-15(12-6-7-19-9-12)11-4-2-1-3-5-11/h1-5,8,10,12,15,19H,6-7,9H2/t12?,15-/m0/s1. The van der Waals surface area contributed by atoms with Crippen molar-refractivity contribution < 1.29 is 4.74 Å². The summed E-state index contributed by atoms with van der Waals surface area (Å²) in [4.78, 5) is 4.21. The highest BCUT2D eigenvalue weighted by molar-refractivity contribution is 6.35. The third kappa shape index (κ3) is 3.49. The molecule has 0 bridgehead atoms. The van der Waals surface area contributed by atoms with Gasteiger partial charge in [-0.2, -0.15) is 0 Å².